The van der Waals surface area contributed by atoms with Gasteiger partial charge in [-0.1, -0.05) is 0 Å². The zero-order valence-electron chi connectivity index (χ0n) is 13.0. The van der Waals surface area contributed by atoms with Crippen LogP contribution in [0.5, 0.6) is 0 Å². The maximum Gasteiger partial charge on any atom is 0.393 e. The predicted molar refractivity (Wildman–Crippen MR) is 74.3 cm³/mol. The molecule has 0 bridgehead atoms. The van der Waals surface area contributed by atoms with Crippen LogP contribution in [0.2, 0.25) is 0 Å². The van der Waals surface area contributed by atoms with Crippen LogP contribution in [-0.2, 0) is 17.9 Å². The first-order valence-corrected chi connectivity index (χ1v) is 7.31. The molecule has 2 N–H and O–H groups in total. The van der Waals surface area contributed by atoms with E-state index in [9.17, 15) is 18.0 Å². The van der Waals surface area contributed by atoms with Crippen molar-refractivity contribution in [2.45, 2.75) is 45.1 Å². The molecule has 2 amide bonds. The van der Waals surface area contributed by atoms with Gasteiger partial charge in [0.1, 0.15) is 12.4 Å². The normalized spacial score (nSPS) is 22.2. The van der Waals surface area contributed by atoms with E-state index in [-0.39, 0.29) is 32.2 Å². The van der Waals surface area contributed by atoms with Gasteiger partial charge in [0.15, 0.2) is 5.82 Å². The molecule has 7 nitrogen and oxygen atoms in total. The Balaban J connectivity index is 1.90. The van der Waals surface area contributed by atoms with E-state index in [4.69, 9.17) is 4.74 Å². The van der Waals surface area contributed by atoms with Crippen molar-refractivity contribution in [3.05, 3.63) is 11.6 Å². The largest absolute Gasteiger partial charge is 0.393 e. The molecule has 0 aliphatic carbocycles. The number of hydrogen-bond donors (Lipinski definition) is 2. The predicted octanol–water partition coefficient (Wildman–Crippen LogP) is 1.82. The van der Waals surface area contributed by atoms with Crippen LogP contribution in [-0.4, -0.2) is 52.0 Å². The molecule has 1 saturated heterocycles. The van der Waals surface area contributed by atoms with Crippen molar-refractivity contribution >= 4 is 6.03 Å². The minimum absolute atomic E-state index is 0.0525. The molecule has 2 rings (SSSR count). The highest BCUT2D eigenvalue weighted by Crippen LogP contribution is 2.35. The summed E-state index contributed by atoms with van der Waals surface area (Å²) in [6.45, 7) is 1.73. The molecule has 1 fully saturated rings. The highest BCUT2D eigenvalue weighted by Gasteiger charge is 2.44. The Kier molecular flexibility index (Phi) is 5.45. The topological polar surface area (TPSA) is 83.1 Å². The van der Waals surface area contributed by atoms with Crippen molar-refractivity contribution in [1.29, 1.82) is 0 Å². The molecule has 23 heavy (non-hydrogen) atoms. The van der Waals surface area contributed by atoms with Crippen LogP contribution in [0.1, 0.15) is 31.4 Å². The number of nitrogens with one attached hydrogen (secondary N) is 2. The van der Waals surface area contributed by atoms with Gasteiger partial charge in [-0.2, -0.15) is 18.3 Å². The van der Waals surface area contributed by atoms with Crippen molar-refractivity contribution in [2.75, 3.05) is 13.7 Å². The number of aromatic amines is 1. The summed E-state index contributed by atoms with van der Waals surface area (Å²) in [6, 6.07) is -0.761. The second-order valence-electron chi connectivity index (χ2n) is 5.61. The number of likely N-dealkylation sites (tertiary alicyclic amines) is 1. The van der Waals surface area contributed by atoms with Crippen LogP contribution < -0.4 is 5.32 Å². The van der Waals surface area contributed by atoms with Gasteiger partial charge in [-0.05, 0) is 19.8 Å². The van der Waals surface area contributed by atoms with Gasteiger partial charge in [0.05, 0.1) is 12.5 Å². The van der Waals surface area contributed by atoms with Crippen LogP contribution in [0, 0.1) is 5.92 Å². The number of rotatable bonds is 4. The lowest BCUT2D eigenvalue weighted by molar-refractivity contribution is -0.186. The molecule has 0 spiro atoms. The molecule has 0 aromatic carbocycles. The van der Waals surface area contributed by atoms with Gasteiger partial charge >= 0.3 is 12.2 Å². The van der Waals surface area contributed by atoms with Crippen LogP contribution >= 0.6 is 0 Å². The van der Waals surface area contributed by atoms with Crippen LogP contribution in [0.15, 0.2) is 0 Å². The lowest BCUT2D eigenvalue weighted by Crippen LogP contribution is -2.52. The summed E-state index contributed by atoms with van der Waals surface area (Å²) >= 11 is 0. The third kappa shape index (κ3) is 4.57. The van der Waals surface area contributed by atoms with E-state index in [1.807, 2.05) is 0 Å². The number of carbonyl (C=O) groups excluding carboxylic acids is 1. The molecule has 130 valence electrons. The van der Waals surface area contributed by atoms with E-state index in [0.29, 0.717) is 18.1 Å². The van der Waals surface area contributed by atoms with Crippen LogP contribution in [0.3, 0.4) is 0 Å². The van der Waals surface area contributed by atoms with Crippen molar-refractivity contribution in [1.82, 2.24) is 25.4 Å². The number of ether oxygens (including phenoxy) is 1. The second kappa shape index (κ2) is 7.16. The number of aromatic nitrogens is 3. The fourth-order valence-electron chi connectivity index (χ4n) is 2.53. The lowest BCUT2D eigenvalue weighted by Gasteiger charge is -2.38. The van der Waals surface area contributed by atoms with Crippen molar-refractivity contribution in [3.8, 4) is 0 Å². The van der Waals surface area contributed by atoms with Gasteiger partial charge in [-0.25, -0.2) is 9.78 Å². The SMILES string of the molecule is COCc1n[nH]c(CNC(=O)N2CC(C(F)(F)F)CCC2C)n1. The second-order valence-corrected chi connectivity index (χ2v) is 5.61. The molecular weight excluding hydrogens is 315 g/mol. The molecule has 2 heterocycles. The Morgan fingerprint density at radius 1 is 1.48 bits per heavy atom. The Morgan fingerprint density at radius 2 is 2.22 bits per heavy atom. The summed E-state index contributed by atoms with van der Waals surface area (Å²) in [4.78, 5) is 17.5. The molecule has 1 aromatic heterocycles. The highest BCUT2D eigenvalue weighted by molar-refractivity contribution is 5.74. The van der Waals surface area contributed by atoms with Crippen molar-refractivity contribution in [2.24, 2.45) is 5.92 Å². The maximum absolute atomic E-state index is 12.8. The quantitative estimate of drug-likeness (QED) is 0.879. The number of methoxy groups -OCH3 is 1. The van der Waals surface area contributed by atoms with E-state index in [0.717, 1.165) is 0 Å². The Labute approximate surface area is 131 Å². The fraction of sp³-hybridized carbons (Fsp3) is 0.769. The Bertz CT molecular complexity index is 534. The van der Waals surface area contributed by atoms with E-state index < -0.39 is 18.1 Å². The molecule has 2 atom stereocenters. The lowest BCUT2D eigenvalue weighted by atomic mass is 9.93. The molecule has 1 aliphatic rings. The van der Waals surface area contributed by atoms with E-state index in [2.05, 4.69) is 20.5 Å². The number of H-pyrrole nitrogens is 1. The number of urea groups is 1. The van der Waals surface area contributed by atoms with Gasteiger partial charge in [0.25, 0.3) is 0 Å². The first-order valence-electron chi connectivity index (χ1n) is 7.31. The summed E-state index contributed by atoms with van der Waals surface area (Å²) in [6.07, 6.45) is -3.90. The zero-order valence-corrected chi connectivity index (χ0v) is 13.0. The first-order chi connectivity index (χ1) is 10.8. The summed E-state index contributed by atoms with van der Waals surface area (Å²) in [5.74, 6) is -0.606. The fourth-order valence-corrected chi connectivity index (χ4v) is 2.53. The third-order valence-corrected chi connectivity index (χ3v) is 3.86. The first kappa shape index (κ1) is 17.5. The molecule has 10 heteroatoms. The minimum atomic E-state index is -4.28. The van der Waals surface area contributed by atoms with E-state index in [1.165, 1.54) is 12.0 Å². The summed E-state index contributed by atoms with van der Waals surface area (Å²) in [7, 11) is 1.51. The van der Waals surface area contributed by atoms with Crippen molar-refractivity contribution < 1.29 is 22.7 Å². The van der Waals surface area contributed by atoms with Gasteiger partial charge in [-0.15, -0.1) is 0 Å². The number of nitrogens with zero attached hydrogens (tertiary/aromatic N) is 3. The summed E-state index contributed by atoms with van der Waals surface area (Å²) < 4.78 is 43.4. The minimum Gasteiger partial charge on any atom is -0.377 e. The van der Waals surface area contributed by atoms with Gasteiger partial charge < -0.3 is 15.0 Å². The molecule has 0 saturated carbocycles. The molecule has 0 radical (unpaired) electrons. The smallest absolute Gasteiger partial charge is 0.377 e. The summed E-state index contributed by atoms with van der Waals surface area (Å²) in [5, 5.41) is 9.09. The van der Waals surface area contributed by atoms with Gasteiger partial charge in [0, 0.05) is 19.7 Å². The molecule has 2 unspecified atom stereocenters. The number of hydrogen-bond acceptors (Lipinski definition) is 4. The Hall–Kier alpha value is -1.84. The highest BCUT2D eigenvalue weighted by atomic mass is 19.4. The van der Waals surface area contributed by atoms with Crippen LogP contribution in [0.25, 0.3) is 0 Å². The molecule has 1 aromatic rings. The van der Waals surface area contributed by atoms with Gasteiger partial charge in [0.2, 0.25) is 0 Å². The van der Waals surface area contributed by atoms with E-state index in [1.54, 1.807) is 6.92 Å². The zero-order chi connectivity index (χ0) is 17.0. The number of halogens is 3. The third-order valence-electron chi connectivity index (χ3n) is 3.86. The average Bonchev–Trinajstić information content (AvgIpc) is 2.92. The van der Waals surface area contributed by atoms with Gasteiger partial charge in [-0.3, -0.25) is 5.10 Å². The average molecular weight is 335 g/mol. The molecule has 1 aliphatic heterocycles. The number of piperidine rings is 1. The maximum atomic E-state index is 12.8. The van der Waals surface area contributed by atoms with E-state index >= 15 is 0 Å². The summed E-state index contributed by atoms with van der Waals surface area (Å²) in [5.41, 5.74) is 0. The molecular formula is C13H20F3N5O2. The van der Waals surface area contributed by atoms with Crippen molar-refractivity contribution in [3.63, 3.8) is 0 Å². The Morgan fingerprint density at radius 3 is 2.87 bits per heavy atom. The van der Waals surface area contributed by atoms with Crippen LogP contribution in [0.4, 0.5) is 18.0 Å². The monoisotopic (exact) mass is 335 g/mol. The standard InChI is InChI=1S/C13H20F3N5O2/c1-8-3-4-9(13(14,15)16)6-21(8)12(22)17-5-10-18-11(7-23-2)20-19-10/h8-9H,3-7H2,1-2H3,(H,17,22)(H,18,19,20). The number of amides is 2. The number of alkyl halides is 3. The number of carbonyl (C=O) groups is 1.